The van der Waals surface area contributed by atoms with Gasteiger partial charge < -0.3 is 5.73 Å². The normalized spacial score (nSPS) is 12.7. The van der Waals surface area contributed by atoms with E-state index in [-0.39, 0.29) is 6.04 Å². The number of nitrogen functional groups attached to an aromatic ring is 1. The van der Waals surface area contributed by atoms with E-state index in [4.69, 9.17) is 28.9 Å². The van der Waals surface area contributed by atoms with Crippen LogP contribution in [0.15, 0.2) is 30.6 Å². The molecule has 1 atom stereocenters. The number of anilines is 1. The zero-order valence-corrected chi connectivity index (χ0v) is 10.2. The van der Waals surface area contributed by atoms with Gasteiger partial charge in [-0.15, -0.1) is 0 Å². The Balaban J connectivity index is 2.45. The lowest BCUT2D eigenvalue weighted by atomic mass is 10.1. The Labute approximate surface area is 104 Å². The second-order valence-corrected chi connectivity index (χ2v) is 4.38. The van der Waals surface area contributed by atoms with Crippen LogP contribution in [0.25, 0.3) is 0 Å². The molecule has 1 unspecified atom stereocenters. The summed E-state index contributed by atoms with van der Waals surface area (Å²) < 4.78 is 1.74. The molecule has 0 fully saturated rings. The maximum absolute atomic E-state index is 6.12. The molecule has 16 heavy (non-hydrogen) atoms. The van der Waals surface area contributed by atoms with E-state index in [1.165, 1.54) is 0 Å². The van der Waals surface area contributed by atoms with Gasteiger partial charge in [0.2, 0.25) is 0 Å². The third-order valence-corrected chi connectivity index (χ3v) is 3.09. The maximum atomic E-state index is 6.12. The van der Waals surface area contributed by atoms with Crippen LogP contribution in [0.1, 0.15) is 18.5 Å². The molecule has 1 aromatic heterocycles. The molecule has 0 bridgehead atoms. The van der Waals surface area contributed by atoms with Gasteiger partial charge >= 0.3 is 0 Å². The molecule has 0 aliphatic rings. The monoisotopic (exact) mass is 255 g/mol. The first kappa shape index (κ1) is 11.3. The van der Waals surface area contributed by atoms with Crippen molar-refractivity contribution >= 4 is 28.9 Å². The van der Waals surface area contributed by atoms with Crippen LogP contribution in [0.4, 0.5) is 5.69 Å². The zero-order chi connectivity index (χ0) is 11.7. The van der Waals surface area contributed by atoms with Crippen molar-refractivity contribution in [3.05, 3.63) is 46.2 Å². The van der Waals surface area contributed by atoms with Gasteiger partial charge in [0.1, 0.15) is 0 Å². The van der Waals surface area contributed by atoms with Crippen molar-refractivity contribution in [2.45, 2.75) is 13.0 Å². The number of rotatable bonds is 2. The van der Waals surface area contributed by atoms with Crippen LogP contribution in [-0.2, 0) is 0 Å². The molecule has 0 aliphatic heterocycles. The van der Waals surface area contributed by atoms with Crippen LogP contribution in [-0.4, -0.2) is 9.78 Å². The molecule has 2 rings (SSSR count). The van der Waals surface area contributed by atoms with E-state index in [1.807, 2.05) is 25.1 Å². The lowest BCUT2D eigenvalue weighted by Crippen LogP contribution is -2.08. The number of hydrogen-bond donors (Lipinski definition) is 1. The largest absolute Gasteiger partial charge is 0.396 e. The summed E-state index contributed by atoms with van der Waals surface area (Å²) in [4.78, 5) is 0. The van der Waals surface area contributed by atoms with Crippen LogP contribution in [0.2, 0.25) is 10.0 Å². The minimum Gasteiger partial charge on any atom is -0.396 e. The highest BCUT2D eigenvalue weighted by molar-refractivity contribution is 6.36. The smallest absolute Gasteiger partial charge is 0.0770 e. The van der Waals surface area contributed by atoms with E-state index < -0.39 is 0 Å². The maximum Gasteiger partial charge on any atom is 0.0770 e. The summed E-state index contributed by atoms with van der Waals surface area (Å²) in [6, 6.07) is 5.40. The highest BCUT2D eigenvalue weighted by Crippen LogP contribution is 2.32. The third kappa shape index (κ3) is 2.01. The Morgan fingerprint density at radius 2 is 1.94 bits per heavy atom. The molecular formula is C11H11Cl2N3. The summed E-state index contributed by atoms with van der Waals surface area (Å²) >= 11 is 12.2. The Bertz CT molecular complexity index is 487. The second kappa shape index (κ2) is 4.36. The first-order valence-electron chi connectivity index (χ1n) is 4.83. The molecular weight excluding hydrogens is 245 g/mol. The summed E-state index contributed by atoms with van der Waals surface area (Å²) in [7, 11) is 0. The molecule has 5 heteroatoms. The first-order valence-corrected chi connectivity index (χ1v) is 5.58. The molecule has 84 valence electrons. The Morgan fingerprint density at radius 3 is 2.44 bits per heavy atom. The van der Waals surface area contributed by atoms with Gasteiger partial charge in [0.05, 0.1) is 17.9 Å². The Hall–Kier alpha value is -1.19. The number of nitrogens with zero attached hydrogens (tertiary/aromatic N) is 2. The van der Waals surface area contributed by atoms with E-state index in [2.05, 4.69) is 5.10 Å². The lowest BCUT2D eigenvalue weighted by Gasteiger charge is -2.15. The van der Waals surface area contributed by atoms with Crippen LogP contribution in [0.3, 0.4) is 0 Å². The molecule has 2 N–H and O–H groups in total. The van der Waals surface area contributed by atoms with Crippen molar-refractivity contribution < 1.29 is 0 Å². The number of hydrogen-bond acceptors (Lipinski definition) is 2. The topological polar surface area (TPSA) is 43.8 Å². The number of aromatic nitrogens is 2. The molecule has 0 aliphatic carbocycles. The summed E-state index contributed by atoms with van der Waals surface area (Å²) in [5.74, 6) is 0. The molecule has 1 aromatic carbocycles. The molecule has 3 nitrogen and oxygen atoms in total. The average molecular weight is 256 g/mol. The van der Waals surface area contributed by atoms with Gasteiger partial charge in [-0.25, -0.2) is 0 Å². The zero-order valence-electron chi connectivity index (χ0n) is 8.69. The molecule has 0 spiro atoms. The van der Waals surface area contributed by atoms with E-state index in [0.29, 0.717) is 15.7 Å². The van der Waals surface area contributed by atoms with Crippen molar-refractivity contribution in [2.75, 3.05) is 5.73 Å². The van der Waals surface area contributed by atoms with Crippen molar-refractivity contribution in [1.82, 2.24) is 9.78 Å². The van der Waals surface area contributed by atoms with Crippen molar-refractivity contribution in [3.63, 3.8) is 0 Å². The van der Waals surface area contributed by atoms with E-state index in [1.54, 1.807) is 17.1 Å². The standard InChI is InChI=1S/C11H11Cl2N3/c1-7(16-6-8(14)5-15-16)11-9(12)3-2-4-10(11)13/h2-7H,14H2,1H3. The van der Waals surface area contributed by atoms with E-state index in [9.17, 15) is 0 Å². The van der Waals surface area contributed by atoms with Crippen LogP contribution < -0.4 is 5.73 Å². The highest BCUT2D eigenvalue weighted by atomic mass is 35.5. The summed E-state index contributed by atoms with van der Waals surface area (Å²) in [6.45, 7) is 1.97. The van der Waals surface area contributed by atoms with Crippen LogP contribution in [0, 0.1) is 0 Å². The average Bonchev–Trinajstić information content (AvgIpc) is 2.64. The molecule has 0 radical (unpaired) electrons. The van der Waals surface area contributed by atoms with Gasteiger partial charge in [0, 0.05) is 21.8 Å². The van der Waals surface area contributed by atoms with Crippen molar-refractivity contribution in [3.8, 4) is 0 Å². The van der Waals surface area contributed by atoms with Gasteiger partial charge in [-0.05, 0) is 19.1 Å². The third-order valence-electron chi connectivity index (χ3n) is 2.44. The summed E-state index contributed by atoms with van der Waals surface area (Å²) in [6.07, 6.45) is 3.35. The van der Waals surface area contributed by atoms with Crippen LogP contribution in [0.5, 0.6) is 0 Å². The Morgan fingerprint density at radius 1 is 1.31 bits per heavy atom. The lowest BCUT2D eigenvalue weighted by molar-refractivity contribution is 0.565. The van der Waals surface area contributed by atoms with Gasteiger partial charge in [-0.3, -0.25) is 4.68 Å². The molecule has 0 saturated heterocycles. The fourth-order valence-corrected chi connectivity index (χ4v) is 2.32. The molecule has 0 saturated carbocycles. The van der Waals surface area contributed by atoms with Gasteiger partial charge in [-0.2, -0.15) is 5.10 Å². The quantitative estimate of drug-likeness (QED) is 0.895. The van der Waals surface area contributed by atoms with Crippen molar-refractivity contribution in [1.29, 1.82) is 0 Å². The summed E-state index contributed by atoms with van der Waals surface area (Å²) in [5.41, 5.74) is 7.10. The fourth-order valence-electron chi connectivity index (χ4n) is 1.61. The predicted octanol–water partition coefficient (Wildman–Crippen LogP) is 3.38. The SMILES string of the molecule is CC(c1c(Cl)cccc1Cl)n1cc(N)cn1. The van der Waals surface area contributed by atoms with Gasteiger partial charge in [-0.1, -0.05) is 29.3 Å². The molecule has 0 amide bonds. The number of nitrogens with two attached hydrogens (primary N) is 1. The molecule has 2 aromatic rings. The Kier molecular flexibility index (Phi) is 3.08. The first-order chi connectivity index (χ1) is 7.59. The molecule has 1 heterocycles. The fraction of sp³-hybridized carbons (Fsp3) is 0.182. The number of halogens is 2. The minimum absolute atomic E-state index is 0.0431. The van der Waals surface area contributed by atoms with Crippen LogP contribution >= 0.6 is 23.2 Å². The summed E-state index contributed by atoms with van der Waals surface area (Å²) in [5, 5.41) is 5.42. The minimum atomic E-state index is -0.0431. The number of benzene rings is 1. The predicted molar refractivity (Wildman–Crippen MR) is 66.9 cm³/mol. The van der Waals surface area contributed by atoms with E-state index in [0.717, 1.165) is 5.56 Å². The van der Waals surface area contributed by atoms with E-state index >= 15 is 0 Å². The van der Waals surface area contributed by atoms with Gasteiger partial charge in [0.25, 0.3) is 0 Å². The van der Waals surface area contributed by atoms with Gasteiger partial charge in [0.15, 0.2) is 0 Å². The second-order valence-electron chi connectivity index (χ2n) is 3.56. The highest BCUT2D eigenvalue weighted by Gasteiger charge is 2.15. The van der Waals surface area contributed by atoms with Crippen molar-refractivity contribution in [2.24, 2.45) is 0 Å².